The summed E-state index contributed by atoms with van der Waals surface area (Å²) in [4.78, 5) is 3.93. The number of nitrogens with two attached hydrogens (primary N) is 1. The summed E-state index contributed by atoms with van der Waals surface area (Å²) in [5.41, 5.74) is 7.18. The lowest BCUT2D eigenvalue weighted by atomic mass is 10.1. The van der Waals surface area contributed by atoms with Crippen LogP contribution in [0.5, 0.6) is 0 Å². The van der Waals surface area contributed by atoms with Crippen LogP contribution in [0.3, 0.4) is 0 Å². The van der Waals surface area contributed by atoms with Crippen LogP contribution in [-0.4, -0.2) is 4.98 Å². The predicted octanol–water partition coefficient (Wildman–Crippen LogP) is 1.36. The monoisotopic (exact) mass is 161 g/mol. The van der Waals surface area contributed by atoms with Crippen molar-refractivity contribution in [1.29, 1.82) is 5.26 Å². The van der Waals surface area contributed by atoms with Crippen molar-refractivity contribution in [2.24, 2.45) is 5.73 Å². The number of hydrogen-bond donors (Lipinski definition) is 1. The number of nitriles is 1. The number of hydrogen-bond acceptors (Lipinski definition) is 3. The Hall–Kier alpha value is -1.40. The molecule has 1 heterocycles. The van der Waals surface area contributed by atoms with Crippen LogP contribution in [0, 0.1) is 11.3 Å². The molecule has 0 aliphatic heterocycles. The average molecular weight is 161 g/mol. The lowest BCUT2D eigenvalue weighted by Crippen LogP contribution is -2.08. The van der Waals surface area contributed by atoms with Gasteiger partial charge in [0, 0.05) is 12.2 Å². The highest BCUT2D eigenvalue weighted by Crippen LogP contribution is 2.11. The highest BCUT2D eigenvalue weighted by Gasteiger charge is 2.02. The molecule has 0 fully saturated rings. The molecule has 0 spiro atoms. The fourth-order valence-electron chi connectivity index (χ4n) is 0.926. The van der Waals surface area contributed by atoms with E-state index in [0.717, 1.165) is 12.0 Å². The number of nitrogens with zero attached hydrogens (tertiary/aromatic N) is 2. The molecule has 0 amide bonds. The summed E-state index contributed by atoms with van der Waals surface area (Å²) >= 11 is 0. The van der Waals surface area contributed by atoms with Crippen molar-refractivity contribution >= 4 is 0 Å². The molecular weight excluding hydrogens is 150 g/mol. The third kappa shape index (κ3) is 1.80. The smallest absolute Gasteiger partial charge is 0.140 e. The third-order valence-electron chi connectivity index (χ3n) is 1.77. The number of pyridine rings is 1. The molecule has 0 aromatic carbocycles. The third-order valence-corrected chi connectivity index (χ3v) is 1.77. The fourth-order valence-corrected chi connectivity index (χ4v) is 0.926. The first-order valence-electron chi connectivity index (χ1n) is 3.89. The van der Waals surface area contributed by atoms with E-state index >= 15 is 0 Å². The van der Waals surface area contributed by atoms with Gasteiger partial charge in [0.25, 0.3) is 0 Å². The van der Waals surface area contributed by atoms with Crippen LogP contribution in [0.25, 0.3) is 0 Å². The molecule has 1 atom stereocenters. The molecule has 12 heavy (non-hydrogen) atoms. The quantitative estimate of drug-likeness (QED) is 0.712. The first-order valence-corrected chi connectivity index (χ1v) is 3.89. The van der Waals surface area contributed by atoms with Gasteiger partial charge in [-0.1, -0.05) is 13.0 Å². The second-order valence-electron chi connectivity index (χ2n) is 2.60. The summed E-state index contributed by atoms with van der Waals surface area (Å²) in [6, 6.07) is 5.52. The summed E-state index contributed by atoms with van der Waals surface area (Å²) in [6.07, 6.45) is 2.54. The summed E-state index contributed by atoms with van der Waals surface area (Å²) in [7, 11) is 0. The molecule has 0 saturated carbocycles. The molecule has 0 radical (unpaired) electrons. The van der Waals surface area contributed by atoms with Crippen molar-refractivity contribution in [2.45, 2.75) is 19.4 Å². The summed E-state index contributed by atoms with van der Waals surface area (Å²) in [6.45, 7) is 2.02. The van der Waals surface area contributed by atoms with Crippen molar-refractivity contribution in [2.75, 3.05) is 0 Å². The molecule has 0 saturated heterocycles. The Bertz CT molecular complexity index is 284. The lowest BCUT2D eigenvalue weighted by Gasteiger charge is -2.07. The van der Waals surface area contributed by atoms with Crippen LogP contribution in [0.4, 0.5) is 0 Å². The van der Waals surface area contributed by atoms with E-state index in [0.29, 0.717) is 5.69 Å². The van der Waals surface area contributed by atoms with Crippen LogP contribution >= 0.6 is 0 Å². The van der Waals surface area contributed by atoms with E-state index in [1.54, 1.807) is 12.3 Å². The minimum Gasteiger partial charge on any atom is -0.324 e. The maximum Gasteiger partial charge on any atom is 0.140 e. The van der Waals surface area contributed by atoms with Crippen molar-refractivity contribution in [1.82, 2.24) is 4.98 Å². The Kier molecular flexibility index (Phi) is 2.78. The van der Waals surface area contributed by atoms with Gasteiger partial charge in [-0.3, -0.25) is 0 Å². The standard InChI is InChI=1S/C9H11N3/c1-2-9(11)7-3-4-8(5-10)12-6-7/h3-4,6,9H,2,11H2,1H3/t9-/m1/s1. The van der Waals surface area contributed by atoms with Crippen LogP contribution in [0.15, 0.2) is 18.3 Å². The highest BCUT2D eigenvalue weighted by molar-refractivity contribution is 5.24. The molecular formula is C9H11N3. The van der Waals surface area contributed by atoms with Gasteiger partial charge in [-0.15, -0.1) is 0 Å². The van der Waals surface area contributed by atoms with Gasteiger partial charge in [0.05, 0.1) is 0 Å². The normalized spacial score (nSPS) is 12.1. The van der Waals surface area contributed by atoms with Crippen LogP contribution in [-0.2, 0) is 0 Å². The summed E-state index contributed by atoms with van der Waals surface area (Å²) in [5.74, 6) is 0. The summed E-state index contributed by atoms with van der Waals surface area (Å²) in [5, 5.41) is 8.48. The molecule has 1 rings (SSSR count). The van der Waals surface area contributed by atoms with Gasteiger partial charge in [0.1, 0.15) is 11.8 Å². The minimum absolute atomic E-state index is 0.0326. The lowest BCUT2D eigenvalue weighted by molar-refractivity contribution is 0.695. The van der Waals surface area contributed by atoms with E-state index in [1.165, 1.54) is 0 Å². The first-order chi connectivity index (χ1) is 5.77. The number of aromatic nitrogens is 1. The second-order valence-corrected chi connectivity index (χ2v) is 2.60. The molecule has 62 valence electrons. The maximum absolute atomic E-state index is 8.48. The van der Waals surface area contributed by atoms with Gasteiger partial charge in [0.15, 0.2) is 0 Å². The molecule has 1 aromatic rings. The Labute approximate surface area is 71.8 Å². The van der Waals surface area contributed by atoms with E-state index in [-0.39, 0.29) is 6.04 Å². The molecule has 3 nitrogen and oxygen atoms in total. The molecule has 0 aliphatic rings. The Morgan fingerprint density at radius 2 is 2.42 bits per heavy atom. The minimum atomic E-state index is 0.0326. The maximum atomic E-state index is 8.48. The van der Waals surface area contributed by atoms with Crippen molar-refractivity contribution < 1.29 is 0 Å². The van der Waals surface area contributed by atoms with Gasteiger partial charge in [-0.2, -0.15) is 5.26 Å². The van der Waals surface area contributed by atoms with Crippen molar-refractivity contribution in [3.05, 3.63) is 29.6 Å². The van der Waals surface area contributed by atoms with E-state index in [4.69, 9.17) is 11.0 Å². The second kappa shape index (κ2) is 3.84. The fraction of sp³-hybridized carbons (Fsp3) is 0.333. The van der Waals surface area contributed by atoms with Gasteiger partial charge in [0.2, 0.25) is 0 Å². The zero-order valence-electron chi connectivity index (χ0n) is 6.99. The van der Waals surface area contributed by atoms with Crippen LogP contribution in [0.2, 0.25) is 0 Å². The van der Waals surface area contributed by atoms with Gasteiger partial charge >= 0.3 is 0 Å². The van der Waals surface area contributed by atoms with Gasteiger partial charge in [-0.25, -0.2) is 4.98 Å². The zero-order valence-corrected chi connectivity index (χ0v) is 6.99. The molecule has 0 aliphatic carbocycles. The molecule has 0 unspecified atom stereocenters. The van der Waals surface area contributed by atoms with Gasteiger partial charge in [-0.05, 0) is 18.1 Å². The molecule has 1 aromatic heterocycles. The first kappa shape index (κ1) is 8.69. The largest absolute Gasteiger partial charge is 0.324 e. The molecule has 2 N–H and O–H groups in total. The van der Waals surface area contributed by atoms with Crippen LogP contribution in [0.1, 0.15) is 30.6 Å². The molecule has 0 bridgehead atoms. The average Bonchev–Trinajstić information content (AvgIpc) is 2.17. The highest BCUT2D eigenvalue weighted by atomic mass is 14.7. The predicted molar refractivity (Wildman–Crippen MR) is 46.2 cm³/mol. The SMILES string of the molecule is CC[C@@H](N)c1ccc(C#N)nc1. The van der Waals surface area contributed by atoms with E-state index < -0.39 is 0 Å². The van der Waals surface area contributed by atoms with Gasteiger partial charge < -0.3 is 5.73 Å². The van der Waals surface area contributed by atoms with E-state index in [2.05, 4.69) is 4.98 Å². The van der Waals surface area contributed by atoms with Crippen molar-refractivity contribution in [3.8, 4) is 6.07 Å². The summed E-state index contributed by atoms with van der Waals surface area (Å²) < 4.78 is 0. The topological polar surface area (TPSA) is 62.7 Å². The molecule has 3 heteroatoms. The van der Waals surface area contributed by atoms with E-state index in [9.17, 15) is 0 Å². The van der Waals surface area contributed by atoms with E-state index in [1.807, 2.05) is 19.1 Å². The zero-order chi connectivity index (χ0) is 8.97. The Morgan fingerprint density at radius 3 is 2.83 bits per heavy atom. The van der Waals surface area contributed by atoms with Crippen molar-refractivity contribution in [3.63, 3.8) is 0 Å². The van der Waals surface area contributed by atoms with Crippen LogP contribution < -0.4 is 5.73 Å². The number of rotatable bonds is 2. The Balaban J connectivity index is 2.86. The Morgan fingerprint density at radius 1 is 1.67 bits per heavy atom.